The van der Waals surface area contributed by atoms with Crippen LogP contribution in [-0.2, 0) is 0 Å². The van der Waals surface area contributed by atoms with Gasteiger partial charge in [0.2, 0.25) is 0 Å². The van der Waals surface area contributed by atoms with E-state index in [4.69, 9.17) is 28.8 Å². The van der Waals surface area contributed by atoms with Crippen molar-refractivity contribution >= 4 is 65.6 Å². The number of rotatable bonds is 5. The number of nitrogens with zero attached hydrogens (tertiary/aromatic N) is 4. The first-order chi connectivity index (χ1) is 28.7. The quantitative estimate of drug-likeness (QED) is 0.163. The van der Waals surface area contributed by atoms with Gasteiger partial charge in [-0.3, -0.25) is 0 Å². The van der Waals surface area contributed by atoms with Gasteiger partial charge in [-0.05, 0) is 59.7 Å². The maximum absolute atomic E-state index is 6.55. The molecule has 58 heavy (non-hydrogen) atoms. The molecule has 0 atom stereocenters. The topological polar surface area (TPSA) is 77.8 Å². The average Bonchev–Trinajstić information content (AvgIpc) is 3.87. The molecule has 4 aromatic heterocycles. The van der Waals surface area contributed by atoms with Gasteiger partial charge >= 0.3 is 0 Å². The molecule has 12 aromatic rings. The molecule has 0 aliphatic heterocycles. The highest BCUT2D eigenvalue weighted by molar-refractivity contribution is 6.28. The van der Waals surface area contributed by atoms with Gasteiger partial charge < -0.3 is 8.83 Å². The monoisotopic (exact) mass is 742 g/mol. The maximum atomic E-state index is 6.55. The predicted octanol–water partition coefficient (Wildman–Crippen LogP) is 13.7. The Bertz CT molecular complexity index is 3570. The van der Waals surface area contributed by atoms with Crippen molar-refractivity contribution < 1.29 is 8.83 Å². The number of para-hydroxylation sites is 2. The molecular formula is C52H30N4O2. The molecule has 0 N–H and O–H groups in total. The van der Waals surface area contributed by atoms with Crippen molar-refractivity contribution in [2.24, 2.45) is 0 Å². The van der Waals surface area contributed by atoms with Crippen molar-refractivity contribution in [3.8, 4) is 56.5 Å². The van der Waals surface area contributed by atoms with Gasteiger partial charge in [-0.15, -0.1) is 0 Å². The number of aromatic nitrogens is 4. The second kappa shape index (κ2) is 12.8. The molecule has 6 heteroatoms. The SMILES string of the molecule is c1ccc(-c2nc(-c3cccc(-c4ccc5oc6ccc7c(-c8ccccc8)nc8ccccc8c7c6c5c4)c3)nc(-c3cccc4oc5ccccc5c34)n2)cc1. The van der Waals surface area contributed by atoms with Crippen molar-refractivity contribution in [3.63, 3.8) is 0 Å². The molecular weight excluding hydrogens is 713 g/mol. The summed E-state index contributed by atoms with van der Waals surface area (Å²) in [5.41, 5.74) is 11.1. The normalized spacial score (nSPS) is 11.8. The van der Waals surface area contributed by atoms with Crippen molar-refractivity contribution in [1.82, 2.24) is 19.9 Å². The molecule has 0 radical (unpaired) electrons. The number of furan rings is 2. The summed E-state index contributed by atoms with van der Waals surface area (Å²) in [6, 6.07) is 62.1. The first-order valence-corrected chi connectivity index (χ1v) is 19.3. The Morgan fingerprint density at radius 2 is 0.879 bits per heavy atom. The molecule has 0 bridgehead atoms. The van der Waals surface area contributed by atoms with Crippen molar-refractivity contribution in [2.75, 3.05) is 0 Å². The summed E-state index contributed by atoms with van der Waals surface area (Å²) in [6.07, 6.45) is 0. The molecule has 12 rings (SSSR count). The first kappa shape index (κ1) is 32.3. The van der Waals surface area contributed by atoms with E-state index in [1.54, 1.807) is 0 Å². The van der Waals surface area contributed by atoms with E-state index in [9.17, 15) is 0 Å². The summed E-state index contributed by atoms with van der Waals surface area (Å²) in [7, 11) is 0. The third-order valence-corrected chi connectivity index (χ3v) is 11.1. The molecule has 0 amide bonds. The van der Waals surface area contributed by atoms with Gasteiger partial charge in [0.05, 0.1) is 11.2 Å². The Balaban J connectivity index is 1.04. The van der Waals surface area contributed by atoms with E-state index >= 15 is 0 Å². The Labute approximate surface area is 331 Å². The van der Waals surface area contributed by atoms with Crippen LogP contribution in [0.2, 0.25) is 0 Å². The van der Waals surface area contributed by atoms with Crippen LogP contribution in [0.3, 0.4) is 0 Å². The van der Waals surface area contributed by atoms with Gasteiger partial charge in [-0.25, -0.2) is 19.9 Å². The second-order valence-corrected chi connectivity index (χ2v) is 14.5. The van der Waals surface area contributed by atoms with E-state index in [2.05, 4.69) is 109 Å². The fraction of sp³-hybridized carbons (Fsp3) is 0. The smallest absolute Gasteiger partial charge is 0.164 e. The zero-order valence-electron chi connectivity index (χ0n) is 30.9. The minimum atomic E-state index is 0.584. The van der Waals surface area contributed by atoms with Crippen molar-refractivity contribution in [3.05, 3.63) is 182 Å². The molecule has 8 aromatic carbocycles. The van der Waals surface area contributed by atoms with E-state index in [1.807, 2.05) is 72.8 Å². The molecule has 4 heterocycles. The van der Waals surface area contributed by atoms with Crippen LogP contribution in [0.1, 0.15) is 0 Å². The van der Waals surface area contributed by atoms with Gasteiger partial charge in [0.1, 0.15) is 22.3 Å². The van der Waals surface area contributed by atoms with E-state index in [0.717, 1.165) is 105 Å². The molecule has 0 aliphatic carbocycles. The van der Waals surface area contributed by atoms with Crippen LogP contribution >= 0.6 is 0 Å². The van der Waals surface area contributed by atoms with Crippen LogP contribution in [0.5, 0.6) is 0 Å². The van der Waals surface area contributed by atoms with Gasteiger partial charge in [0.25, 0.3) is 0 Å². The fourth-order valence-electron chi connectivity index (χ4n) is 8.45. The summed E-state index contributed by atoms with van der Waals surface area (Å²) in [6.45, 7) is 0. The van der Waals surface area contributed by atoms with Crippen molar-refractivity contribution in [2.45, 2.75) is 0 Å². The van der Waals surface area contributed by atoms with Crippen LogP contribution in [-0.4, -0.2) is 19.9 Å². The van der Waals surface area contributed by atoms with Crippen LogP contribution in [0, 0.1) is 0 Å². The standard InChI is InChI=1S/C52H30N4O2/c1-3-13-31(14-4-1)49-38-26-28-45-48(47(38)36-19-7-9-22-41(36)53-49)40-30-34(25-27-43(40)58-45)33-17-11-18-35(29-33)51-54-50(32-15-5-2-6-16-32)55-52(56-51)39-21-12-24-44-46(39)37-20-8-10-23-42(37)57-44/h1-30H. The molecule has 0 fully saturated rings. The largest absolute Gasteiger partial charge is 0.456 e. The Morgan fingerprint density at radius 1 is 0.293 bits per heavy atom. The van der Waals surface area contributed by atoms with E-state index < -0.39 is 0 Å². The minimum Gasteiger partial charge on any atom is -0.456 e. The van der Waals surface area contributed by atoms with Gasteiger partial charge in [0, 0.05) is 60.0 Å². The number of benzene rings is 8. The minimum absolute atomic E-state index is 0.584. The maximum Gasteiger partial charge on any atom is 0.164 e. The Kier molecular flexibility index (Phi) is 7.13. The van der Waals surface area contributed by atoms with Crippen LogP contribution in [0.15, 0.2) is 191 Å². The molecule has 0 saturated heterocycles. The highest BCUT2D eigenvalue weighted by Gasteiger charge is 2.20. The highest BCUT2D eigenvalue weighted by atomic mass is 16.3. The number of hydrogen-bond donors (Lipinski definition) is 0. The molecule has 270 valence electrons. The lowest BCUT2D eigenvalue weighted by atomic mass is 9.95. The van der Waals surface area contributed by atoms with Gasteiger partial charge in [0.15, 0.2) is 17.5 Å². The van der Waals surface area contributed by atoms with Gasteiger partial charge in [-0.1, -0.05) is 133 Å². The second-order valence-electron chi connectivity index (χ2n) is 14.5. The lowest BCUT2D eigenvalue weighted by Crippen LogP contribution is -2.00. The van der Waals surface area contributed by atoms with Crippen molar-refractivity contribution in [1.29, 1.82) is 0 Å². The fourth-order valence-corrected chi connectivity index (χ4v) is 8.45. The highest BCUT2D eigenvalue weighted by Crippen LogP contribution is 2.43. The summed E-state index contributed by atoms with van der Waals surface area (Å²) in [5.74, 6) is 1.77. The summed E-state index contributed by atoms with van der Waals surface area (Å²) in [5, 5.41) is 7.45. The lowest BCUT2D eigenvalue weighted by molar-refractivity contribution is 0.668. The van der Waals surface area contributed by atoms with E-state index in [1.165, 1.54) is 0 Å². The Hall–Kier alpha value is -7.96. The van der Waals surface area contributed by atoms with Crippen LogP contribution in [0.4, 0.5) is 0 Å². The first-order valence-electron chi connectivity index (χ1n) is 19.3. The molecule has 0 saturated carbocycles. The molecule has 6 nitrogen and oxygen atoms in total. The van der Waals surface area contributed by atoms with E-state index in [0.29, 0.717) is 17.5 Å². The summed E-state index contributed by atoms with van der Waals surface area (Å²) >= 11 is 0. The molecule has 0 aliphatic rings. The predicted molar refractivity (Wildman–Crippen MR) is 234 cm³/mol. The summed E-state index contributed by atoms with van der Waals surface area (Å²) in [4.78, 5) is 20.5. The Morgan fingerprint density at radius 3 is 1.72 bits per heavy atom. The third-order valence-electron chi connectivity index (χ3n) is 11.1. The molecule has 0 spiro atoms. The third kappa shape index (κ3) is 5.12. The average molecular weight is 743 g/mol. The zero-order valence-corrected chi connectivity index (χ0v) is 30.9. The summed E-state index contributed by atoms with van der Waals surface area (Å²) < 4.78 is 12.8. The van der Waals surface area contributed by atoms with Crippen LogP contribution < -0.4 is 0 Å². The van der Waals surface area contributed by atoms with E-state index in [-0.39, 0.29) is 0 Å². The number of hydrogen-bond acceptors (Lipinski definition) is 6. The number of fused-ring (bicyclic) bond motifs is 10. The number of pyridine rings is 1. The zero-order chi connectivity index (χ0) is 38.2. The van der Waals surface area contributed by atoms with Gasteiger partial charge in [-0.2, -0.15) is 0 Å². The molecule has 0 unspecified atom stereocenters. The lowest BCUT2D eigenvalue weighted by Gasteiger charge is -2.11. The van der Waals surface area contributed by atoms with Crippen LogP contribution in [0.25, 0.3) is 122 Å².